The molecule has 0 spiro atoms. The molecule has 0 heterocycles. The minimum absolute atomic E-state index is 0. The zero-order valence-electron chi connectivity index (χ0n) is 3.06. The molecule has 0 aromatic rings. The Morgan fingerprint density at radius 3 is 1.00 bits per heavy atom. The molecular formula is AlCl2O3Zr. The molecule has 0 bridgehead atoms. The van der Waals surface area contributed by atoms with Gasteiger partial charge >= 0.3 is 27.5 Å². The van der Waals surface area contributed by atoms with Crippen LogP contribution in [0.25, 0.3) is 0 Å². The summed E-state index contributed by atoms with van der Waals surface area (Å²) in [7, 11) is 0. The Balaban J connectivity index is -0.00000000900. The molecule has 0 aromatic carbocycles. The van der Waals surface area contributed by atoms with E-state index in [1.54, 1.807) is 0 Å². The van der Waals surface area contributed by atoms with Gasteiger partial charge in [0.15, 0.2) is 0 Å². The van der Waals surface area contributed by atoms with Crippen LogP contribution in [0.1, 0.15) is 0 Å². The fourth-order valence-electron chi connectivity index (χ4n) is 0. The van der Waals surface area contributed by atoms with Crippen molar-refractivity contribution in [1.82, 2.24) is 0 Å². The summed E-state index contributed by atoms with van der Waals surface area (Å²) >= 11 is 7.08. The molecule has 0 rings (SSSR count). The first-order valence-electron chi connectivity index (χ1n) is 0.513. The Morgan fingerprint density at radius 2 is 1.00 bits per heavy atom. The molecular weight excluding hydrogens is 237 g/mol. The summed E-state index contributed by atoms with van der Waals surface area (Å²) < 4.78 is 23.8. The number of halogens is 2. The predicted molar refractivity (Wildman–Crippen MR) is 18.1 cm³/mol. The zero-order valence-corrected chi connectivity index (χ0v) is 8.18. The molecule has 3 nitrogen and oxygen atoms in total. The van der Waals surface area contributed by atoms with Crippen LogP contribution < -0.4 is 9.32 Å². The van der Waals surface area contributed by atoms with Gasteiger partial charge in [-0.05, 0) is 0 Å². The Labute approximate surface area is 77.4 Å². The third-order valence-corrected chi connectivity index (χ3v) is 0. The first-order chi connectivity index (χ1) is 3.00. The molecule has 0 amide bonds. The van der Waals surface area contributed by atoms with Crippen molar-refractivity contribution in [2.45, 2.75) is 0 Å². The zero-order chi connectivity index (χ0) is 6.00. The van der Waals surface area contributed by atoms with Crippen LogP contribution in [0.3, 0.4) is 0 Å². The van der Waals surface area contributed by atoms with Gasteiger partial charge in [-0.15, -0.1) is 0 Å². The van der Waals surface area contributed by atoms with Crippen molar-refractivity contribution in [2.75, 3.05) is 0 Å². The molecule has 0 aliphatic heterocycles. The molecule has 0 saturated carbocycles. The van der Waals surface area contributed by atoms with E-state index in [1.165, 1.54) is 0 Å². The molecule has 0 N–H and O–H groups in total. The Kier molecular flexibility index (Phi) is 394. The van der Waals surface area contributed by atoms with Crippen LogP contribution in [-0.4, -0.2) is 17.4 Å². The Morgan fingerprint density at radius 1 is 1.00 bits per heavy atom. The van der Waals surface area contributed by atoms with Gasteiger partial charge < -0.3 is 9.32 Å². The van der Waals surface area contributed by atoms with E-state index in [0.29, 0.717) is 24.7 Å². The summed E-state index contributed by atoms with van der Waals surface area (Å²) in [6, 6.07) is 0. The maximum atomic E-state index is 8.34. The summed E-state index contributed by atoms with van der Waals surface area (Å²) in [4.78, 5) is 0. The molecule has 0 fully saturated rings. The van der Waals surface area contributed by atoms with Crippen molar-refractivity contribution >= 4 is 41.1 Å². The van der Waals surface area contributed by atoms with Crippen molar-refractivity contribution < 1.29 is 36.9 Å². The Hall–Kier alpha value is 1.72. The van der Waals surface area contributed by atoms with Crippen molar-refractivity contribution in [3.05, 3.63) is 0 Å². The molecule has 7 heavy (non-hydrogen) atoms. The van der Waals surface area contributed by atoms with Gasteiger partial charge in [0.2, 0.25) is 0 Å². The monoisotopic (exact) mass is 235 g/mol. The van der Waals surface area contributed by atoms with Crippen molar-refractivity contribution in [1.29, 1.82) is 0 Å². The summed E-state index contributed by atoms with van der Waals surface area (Å²) in [6.45, 7) is 0. The van der Waals surface area contributed by atoms with E-state index in [-0.39, 0.29) is 17.4 Å². The van der Waals surface area contributed by atoms with Crippen molar-refractivity contribution in [3.63, 3.8) is 0 Å². The second-order valence-electron chi connectivity index (χ2n) is 0. The van der Waals surface area contributed by atoms with Gasteiger partial charge in [0.05, 0.1) is 0 Å². The third-order valence-electron chi connectivity index (χ3n) is 0. The van der Waals surface area contributed by atoms with E-state index >= 15 is 0 Å². The van der Waals surface area contributed by atoms with Gasteiger partial charge in [0.25, 0.3) is 0 Å². The number of hydrogen-bond donors (Lipinski definition) is 0. The fourth-order valence-corrected chi connectivity index (χ4v) is 0. The van der Waals surface area contributed by atoms with Crippen molar-refractivity contribution in [2.24, 2.45) is 0 Å². The van der Waals surface area contributed by atoms with Crippen LogP contribution in [0.4, 0.5) is 0 Å². The van der Waals surface area contributed by atoms with Crippen LogP contribution in [0.15, 0.2) is 0 Å². The van der Waals surface area contributed by atoms with Gasteiger partial charge in [0, 0.05) is 17.4 Å². The van der Waals surface area contributed by atoms with Crippen molar-refractivity contribution in [3.8, 4) is 0 Å². The van der Waals surface area contributed by atoms with Crippen LogP contribution in [0, 0.1) is 0 Å². The standard InChI is InChI=1S/Al.2ClO.O.Zr/c;2*1-2;;/q;2*-1;;+2. The van der Waals surface area contributed by atoms with E-state index in [4.69, 9.17) is 12.1 Å². The average Bonchev–Trinajstić information content (AvgIpc) is 1.81. The average molecular weight is 237 g/mol. The second kappa shape index (κ2) is 118. The topological polar surface area (TPSA) is 63.2 Å². The molecule has 3 radical (unpaired) electrons. The van der Waals surface area contributed by atoms with Gasteiger partial charge in [0.1, 0.15) is 0 Å². The molecule has 0 atom stereocenters. The van der Waals surface area contributed by atoms with Gasteiger partial charge in [-0.3, -0.25) is 0 Å². The number of hydrogen-bond acceptors (Lipinski definition) is 3. The van der Waals surface area contributed by atoms with E-state index in [2.05, 4.69) is 23.7 Å². The van der Waals surface area contributed by atoms with Crippen LogP contribution in [-0.2, 0) is 27.5 Å². The van der Waals surface area contributed by atoms with E-state index in [0.717, 1.165) is 0 Å². The SMILES string of the molecule is [Al].[O-]Cl.[O-]Cl.[O]=[Zr+2]. The molecule has 0 unspecified atom stereocenters. The van der Waals surface area contributed by atoms with Crippen LogP contribution >= 0.6 is 23.7 Å². The maximum absolute atomic E-state index is 8.34. The molecule has 0 aromatic heterocycles. The summed E-state index contributed by atoms with van der Waals surface area (Å²) in [5.41, 5.74) is 0. The summed E-state index contributed by atoms with van der Waals surface area (Å²) in [5.74, 6) is 0. The first kappa shape index (κ1) is 23.3. The predicted octanol–water partition coefficient (Wildman–Crippen LogP) is -1.50. The normalized spacial score (nSPS) is 2.57. The molecule has 0 aliphatic rings. The summed E-state index contributed by atoms with van der Waals surface area (Å²) in [5, 5.41) is 0. The first-order valence-corrected chi connectivity index (χ1v) is 2.13. The quantitative estimate of drug-likeness (QED) is 0.481. The molecule has 0 saturated heterocycles. The van der Waals surface area contributed by atoms with Gasteiger partial charge in [-0.2, -0.15) is 0 Å². The minimum atomic E-state index is 0. The Bertz CT molecular complexity index is 12.9. The fraction of sp³-hybridized carbons (Fsp3) is 0. The van der Waals surface area contributed by atoms with Gasteiger partial charge in [-0.1, -0.05) is 0 Å². The van der Waals surface area contributed by atoms with Crippen LogP contribution in [0.5, 0.6) is 0 Å². The molecule has 0 aliphatic carbocycles. The van der Waals surface area contributed by atoms with E-state index in [9.17, 15) is 0 Å². The molecule has 39 valence electrons. The van der Waals surface area contributed by atoms with Gasteiger partial charge in [-0.25, -0.2) is 23.7 Å². The van der Waals surface area contributed by atoms with E-state index < -0.39 is 0 Å². The van der Waals surface area contributed by atoms with E-state index in [1.807, 2.05) is 0 Å². The second-order valence-corrected chi connectivity index (χ2v) is 0. The summed E-state index contributed by atoms with van der Waals surface area (Å²) in [6.07, 6.45) is 0. The number of rotatable bonds is 0. The van der Waals surface area contributed by atoms with Crippen LogP contribution in [0.2, 0.25) is 0 Å². The third kappa shape index (κ3) is 85.6. The molecule has 7 heteroatoms.